The lowest BCUT2D eigenvalue weighted by molar-refractivity contribution is 0.134. The fraction of sp³-hybridized carbons (Fsp3) is 0.316. The highest BCUT2D eigenvalue weighted by Crippen LogP contribution is 2.59. The van der Waals surface area contributed by atoms with E-state index in [0.29, 0.717) is 0 Å². The number of nitrogens with one attached hydrogen (secondary N) is 1. The van der Waals surface area contributed by atoms with Gasteiger partial charge in [-0.3, -0.25) is 4.57 Å². The Labute approximate surface area is 168 Å². The summed E-state index contributed by atoms with van der Waals surface area (Å²) in [6.07, 6.45) is -0.825. The van der Waals surface area contributed by atoms with Gasteiger partial charge in [-0.1, -0.05) is 48.0 Å². The second kappa shape index (κ2) is 10.6. The van der Waals surface area contributed by atoms with Crippen LogP contribution < -0.4 is 5.32 Å². The third kappa shape index (κ3) is 6.04. The number of hydrogen-bond acceptors (Lipinski definition) is 5. The number of halogens is 2. The molecule has 2 aromatic rings. The minimum atomic E-state index is -3.83. The molecule has 0 aliphatic heterocycles. The zero-order chi connectivity index (χ0) is 20.6. The van der Waals surface area contributed by atoms with E-state index in [1.54, 1.807) is 26.0 Å². The average molecular weight is 430 g/mol. The molecular weight excluding hydrogens is 408 g/mol. The molecule has 28 heavy (non-hydrogen) atoms. The molecule has 0 radical (unpaired) electrons. The summed E-state index contributed by atoms with van der Waals surface area (Å²) in [5, 5.41) is 2.33. The van der Waals surface area contributed by atoms with Crippen LogP contribution in [-0.2, 0) is 25.0 Å². The topological polar surface area (TPSA) is 73.9 Å². The molecule has 0 aliphatic rings. The van der Waals surface area contributed by atoms with Gasteiger partial charge in [0.25, 0.3) is 0 Å². The lowest BCUT2D eigenvalue weighted by Gasteiger charge is -2.27. The van der Waals surface area contributed by atoms with Crippen molar-refractivity contribution in [2.75, 3.05) is 13.2 Å². The lowest BCUT2D eigenvalue weighted by Crippen LogP contribution is -2.30. The summed E-state index contributed by atoms with van der Waals surface area (Å²) in [5.41, 5.74) is 1.06. The van der Waals surface area contributed by atoms with E-state index in [0.717, 1.165) is 11.6 Å². The highest BCUT2D eigenvalue weighted by molar-refractivity contribution is 7.54. The molecule has 9 heteroatoms. The molecule has 2 rings (SSSR count). The number of ether oxygens (including phenoxy) is 1. The van der Waals surface area contributed by atoms with Gasteiger partial charge in [0.1, 0.15) is 12.4 Å². The van der Waals surface area contributed by atoms with Crippen molar-refractivity contribution in [3.8, 4) is 0 Å². The van der Waals surface area contributed by atoms with E-state index in [4.69, 9.17) is 25.4 Å². The first-order chi connectivity index (χ1) is 13.4. The standard InChI is InChI=1S/C19H22ClFNO5P/c1-3-26-28(24,27-4-2)18(15-10-11-17(21)16(20)12-15)22-19(23)25-13-14-8-6-5-7-9-14/h5-12,18H,3-4,13H2,1-2H3,(H,22,23). The van der Waals surface area contributed by atoms with Crippen LogP contribution >= 0.6 is 19.2 Å². The van der Waals surface area contributed by atoms with Gasteiger partial charge in [0, 0.05) is 0 Å². The Kier molecular flexibility index (Phi) is 8.45. The number of alkyl carbamates (subject to hydrolysis) is 1. The van der Waals surface area contributed by atoms with Gasteiger partial charge in [0.2, 0.25) is 0 Å². The Balaban J connectivity index is 2.25. The fourth-order valence-electron chi connectivity index (χ4n) is 2.45. The van der Waals surface area contributed by atoms with E-state index >= 15 is 0 Å². The summed E-state index contributed by atoms with van der Waals surface area (Å²) < 4.78 is 42.7. The molecule has 1 N–H and O–H groups in total. The van der Waals surface area contributed by atoms with Crippen LogP contribution in [0.3, 0.4) is 0 Å². The Bertz CT molecular complexity index is 826. The van der Waals surface area contributed by atoms with E-state index in [9.17, 15) is 13.8 Å². The van der Waals surface area contributed by atoms with E-state index < -0.39 is 25.3 Å². The molecule has 0 aromatic heterocycles. The molecular formula is C19H22ClFNO5P. The molecule has 0 bridgehead atoms. The number of carbonyl (C=O) groups excluding carboxylic acids is 1. The number of amides is 1. The van der Waals surface area contributed by atoms with Crippen LogP contribution in [0.2, 0.25) is 5.02 Å². The van der Waals surface area contributed by atoms with Crippen molar-refractivity contribution in [3.05, 3.63) is 70.5 Å². The zero-order valence-corrected chi connectivity index (χ0v) is 17.2. The van der Waals surface area contributed by atoms with Gasteiger partial charge in [0.05, 0.1) is 18.2 Å². The summed E-state index contributed by atoms with van der Waals surface area (Å²) in [4.78, 5) is 12.3. The normalized spacial score (nSPS) is 12.4. The molecule has 1 amide bonds. The van der Waals surface area contributed by atoms with Gasteiger partial charge in [-0.2, -0.15) is 0 Å². The molecule has 0 heterocycles. The second-order valence-corrected chi connectivity index (χ2v) is 8.18. The first-order valence-corrected chi connectivity index (χ1v) is 10.7. The number of hydrogen-bond donors (Lipinski definition) is 1. The fourth-order valence-corrected chi connectivity index (χ4v) is 4.52. The van der Waals surface area contributed by atoms with Crippen LogP contribution in [0.5, 0.6) is 0 Å². The van der Waals surface area contributed by atoms with Gasteiger partial charge in [0.15, 0.2) is 5.78 Å². The summed E-state index contributed by atoms with van der Waals surface area (Å²) >= 11 is 5.85. The smallest absolute Gasteiger partial charge is 0.408 e. The van der Waals surface area contributed by atoms with Crippen molar-refractivity contribution in [3.63, 3.8) is 0 Å². The Morgan fingerprint density at radius 1 is 1.14 bits per heavy atom. The SMILES string of the molecule is CCOP(=O)(OCC)C(NC(=O)OCc1ccccc1)c1ccc(F)c(Cl)c1. The monoisotopic (exact) mass is 429 g/mol. The van der Waals surface area contributed by atoms with Gasteiger partial charge in [-0.15, -0.1) is 0 Å². The molecule has 0 saturated heterocycles. The predicted octanol–water partition coefficient (Wildman–Crippen LogP) is 5.67. The Morgan fingerprint density at radius 3 is 2.36 bits per heavy atom. The molecule has 0 fully saturated rings. The Hall–Kier alpha value is -1.92. The average Bonchev–Trinajstić information content (AvgIpc) is 2.68. The minimum absolute atomic E-state index is 0.0249. The number of carbonyl (C=O) groups is 1. The third-order valence-corrected chi connectivity index (χ3v) is 6.25. The van der Waals surface area contributed by atoms with Crippen LogP contribution in [0, 0.1) is 5.82 Å². The van der Waals surface area contributed by atoms with Crippen molar-refractivity contribution in [2.24, 2.45) is 0 Å². The summed E-state index contributed by atoms with van der Waals surface area (Å²) in [6, 6.07) is 12.8. The summed E-state index contributed by atoms with van der Waals surface area (Å²) in [6.45, 7) is 3.49. The molecule has 0 aliphatic carbocycles. The van der Waals surface area contributed by atoms with Crippen molar-refractivity contribution in [1.29, 1.82) is 0 Å². The quantitative estimate of drug-likeness (QED) is 0.520. The van der Waals surface area contributed by atoms with Gasteiger partial charge in [-0.25, -0.2) is 9.18 Å². The minimum Gasteiger partial charge on any atom is -0.445 e. The van der Waals surface area contributed by atoms with Crippen LogP contribution in [0.15, 0.2) is 48.5 Å². The summed E-state index contributed by atoms with van der Waals surface area (Å²) in [5.74, 6) is -1.85. The largest absolute Gasteiger partial charge is 0.445 e. The molecule has 1 unspecified atom stereocenters. The van der Waals surface area contributed by atoms with Gasteiger partial charge in [-0.05, 0) is 37.1 Å². The Morgan fingerprint density at radius 2 is 1.79 bits per heavy atom. The molecule has 0 saturated carbocycles. The predicted molar refractivity (Wildman–Crippen MR) is 105 cm³/mol. The van der Waals surface area contributed by atoms with Gasteiger partial charge < -0.3 is 19.1 Å². The van der Waals surface area contributed by atoms with Gasteiger partial charge >= 0.3 is 13.7 Å². The maximum absolute atomic E-state index is 13.6. The van der Waals surface area contributed by atoms with Crippen molar-refractivity contribution in [2.45, 2.75) is 26.2 Å². The first kappa shape index (κ1) is 22.4. The van der Waals surface area contributed by atoms with Crippen LogP contribution in [-0.4, -0.2) is 19.3 Å². The second-order valence-electron chi connectivity index (χ2n) is 5.66. The summed E-state index contributed by atoms with van der Waals surface area (Å²) in [7, 11) is -3.83. The molecule has 1 atom stereocenters. The highest BCUT2D eigenvalue weighted by atomic mass is 35.5. The van der Waals surface area contributed by atoms with E-state index in [1.165, 1.54) is 12.1 Å². The number of benzene rings is 2. The van der Waals surface area contributed by atoms with E-state index in [2.05, 4.69) is 5.32 Å². The highest BCUT2D eigenvalue weighted by Gasteiger charge is 2.39. The van der Waals surface area contributed by atoms with Crippen molar-refractivity contribution in [1.82, 2.24) is 5.32 Å². The van der Waals surface area contributed by atoms with Crippen LogP contribution in [0.1, 0.15) is 30.8 Å². The van der Waals surface area contributed by atoms with Crippen molar-refractivity contribution >= 4 is 25.3 Å². The number of rotatable bonds is 9. The van der Waals surface area contributed by atoms with Crippen LogP contribution in [0.25, 0.3) is 0 Å². The maximum atomic E-state index is 13.6. The van der Waals surface area contributed by atoms with E-state index in [-0.39, 0.29) is 30.4 Å². The molecule has 6 nitrogen and oxygen atoms in total. The third-order valence-electron chi connectivity index (χ3n) is 3.66. The zero-order valence-electron chi connectivity index (χ0n) is 15.6. The molecule has 152 valence electrons. The maximum Gasteiger partial charge on any atom is 0.408 e. The molecule has 0 spiro atoms. The first-order valence-electron chi connectivity index (χ1n) is 8.70. The molecule has 2 aromatic carbocycles. The lowest BCUT2D eigenvalue weighted by atomic mass is 10.2. The van der Waals surface area contributed by atoms with Crippen molar-refractivity contribution < 1.29 is 27.5 Å². The van der Waals surface area contributed by atoms with Crippen LogP contribution in [0.4, 0.5) is 9.18 Å². The van der Waals surface area contributed by atoms with E-state index in [1.807, 2.05) is 18.2 Å².